The average Bonchev–Trinajstić information content (AvgIpc) is 1.63. The first-order chi connectivity index (χ1) is 4.04. The summed E-state index contributed by atoms with van der Waals surface area (Å²) in [5.41, 5.74) is 10.1. The molecule has 0 aromatic carbocycles. The van der Waals surface area contributed by atoms with Crippen LogP contribution in [-0.4, -0.2) is 17.1 Å². The number of nitrogens with zero attached hydrogens (tertiary/aromatic N) is 2. The number of hydrogen-bond acceptors (Lipinski definition) is 3. The number of nitrogens with two attached hydrogens (primary N) is 3. The molecule has 6 N–H and O–H groups in total. The van der Waals surface area contributed by atoms with Crippen LogP contribution < -0.4 is 17.3 Å². The lowest BCUT2D eigenvalue weighted by Crippen LogP contribution is -2.37. The molecule has 9 heavy (non-hydrogen) atoms. The van der Waals surface area contributed by atoms with Crippen LogP contribution in [0.5, 0.6) is 0 Å². The van der Waals surface area contributed by atoms with E-state index in [-0.39, 0.29) is 12.0 Å². The van der Waals surface area contributed by atoms with Gasteiger partial charge in [0.15, 0.2) is 0 Å². The van der Waals surface area contributed by atoms with Gasteiger partial charge in [0.2, 0.25) is 5.96 Å². The van der Waals surface area contributed by atoms with Crippen LogP contribution in [-0.2, 0) is 0 Å². The Morgan fingerprint density at radius 1 is 1.44 bits per heavy atom. The highest BCUT2D eigenvalue weighted by molar-refractivity contribution is 5.75. The van der Waals surface area contributed by atoms with Crippen molar-refractivity contribution in [1.82, 2.24) is 5.12 Å². The second-order valence-electron chi connectivity index (χ2n) is 2.00. The molecule has 0 aromatic rings. The molecular weight excluding hydrogens is 118 g/mol. The Labute approximate surface area is 54.4 Å². The van der Waals surface area contributed by atoms with E-state index in [0.29, 0.717) is 0 Å². The molecule has 0 spiro atoms. The molecule has 54 valence electrons. The highest BCUT2D eigenvalue weighted by atomic mass is 15.6. The molecule has 0 radical (unpaired) electrons. The maximum atomic E-state index is 5.30. The van der Waals surface area contributed by atoms with Gasteiger partial charge in [-0.3, -0.25) is 0 Å². The predicted molar refractivity (Wildman–Crippen MR) is 37.0 cm³/mol. The molecule has 0 heterocycles. The van der Waals surface area contributed by atoms with Crippen LogP contribution in [0.4, 0.5) is 0 Å². The highest BCUT2D eigenvalue weighted by Crippen LogP contribution is 1.87. The summed E-state index contributed by atoms with van der Waals surface area (Å²) in [4.78, 5) is 0. The van der Waals surface area contributed by atoms with Crippen LogP contribution in [0.1, 0.15) is 13.8 Å². The predicted octanol–water partition coefficient (Wildman–Crippen LogP) is -1.24. The Morgan fingerprint density at radius 2 is 1.89 bits per heavy atom. The summed E-state index contributed by atoms with van der Waals surface area (Å²) in [6.07, 6.45) is 0. The Balaban J connectivity index is 3.76. The maximum Gasteiger partial charge on any atom is 0.210 e. The van der Waals surface area contributed by atoms with Crippen LogP contribution in [0.3, 0.4) is 0 Å². The monoisotopic (exact) mass is 131 g/mol. The fourth-order valence-corrected chi connectivity index (χ4v) is 0.249. The lowest BCUT2D eigenvalue weighted by atomic mass is 10.4. The van der Waals surface area contributed by atoms with E-state index in [4.69, 9.17) is 17.3 Å². The van der Waals surface area contributed by atoms with Crippen LogP contribution in [0.25, 0.3) is 0 Å². The third-order valence-corrected chi connectivity index (χ3v) is 0.760. The van der Waals surface area contributed by atoms with Crippen molar-refractivity contribution in [2.75, 3.05) is 0 Å². The molecule has 0 aliphatic rings. The number of guanidine groups is 1. The van der Waals surface area contributed by atoms with E-state index in [2.05, 4.69) is 5.10 Å². The van der Waals surface area contributed by atoms with Crippen molar-refractivity contribution in [2.45, 2.75) is 19.9 Å². The minimum atomic E-state index is -0.0220. The molecule has 0 saturated heterocycles. The fourth-order valence-electron chi connectivity index (χ4n) is 0.249. The van der Waals surface area contributed by atoms with Crippen molar-refractivity contribution in [3.05, 3.63) is 0 Å². The van der Waals surface area contributed by atoms with Gasteiger partial charge in [0, 0.05) is 0 Å². The maximum absolute atomic E-state index is 5.30. The number of rotatable bonds is 2. The van der Waals surface area contributed by atoms with E-state index in [1.807, 2.05) is 13.8 Å². The topological polar surface area (TPSA) is 93.7 Å². The number of hydrogen-bond donors (Lipinski definition) is 3. The first-order valence-electron chi connectivity index (χ1n) is 2.67. The molecule has 0 aliphatic heterocycles. The minimum absolute atomic E-state index is 0.0220. The summed E-state index contributed by atoms with van der Waals surface area (Å²) in [5, 5.41) is 4.76. The molecule has 0 fully saturated rings. The van der Waals surface area contributed by atoms with Crippen molar-refractivity contribution >= 4 is 5.96 Å². The van der Waals surface area contributed by atoms with Gasteiger partial charge in [0.05, 0.1) is 6.04 Å². The van der Waals surface area contributed by atoms with Gasteiger partial charge in [-0.25, -0.2) is 11.0 Å². The fraction of sp³-hybridized carbons (Fsp3) is 0.750. The highest BCUT2D eigenvalue weighted by Gasteiger charge is 1.97. The molecule has 5 nitrogen and oxygen atoms in total. The summed E-state index contributed by atoms with van der Waals surface area (Å²) >= 11 is 0. The molecule has 0 atom stereocenters. The van der Waals surface area contributed by atoms with E-state index in [1.165, 1.54) is 5.12 Å². The summed E-state index contributed by atoms with van der Waals surface area (Å²) in [6, 6.07) is 0.118. The summed E-state index contributed by atoms with van der Waals surface area (Å²) in [5.74, 6) is 5.28. The second kappa shape index (κ2) is 3.13. The van der Waals surface area contributed by atoms with Gasteiger partial charge in [-0.15, -0.1) is 5.10 Å². The lowest BCUT2D eigenvalue weighted by molar-refractivity contribution is 0.239. The second-order valence-corrected chi connectivity index (χ2v) is 2.00. The zero-order valence-electron chi connectivity index (χ0n) is 5.70. The van der Waals surface area contributed by atoms with Crippen molar-refractivity contribution < 1.29 is 0 Å². The van der Waals surface area contributed by atoms with Crippen molar-refractivity contribution in [1.29, 1.82) is 0 Å². The standard InChI is InChI=1S/C4H13N5/c1-3(2)9(7)8-4(5)6/h3H,7H2,1-2H3,(H4,5,6,8). The first-order valence-corrected chi connectivity index (χ1v) is 2.67. The molecule has 0 bridgehead atoms. The number of hydrazone groups is 1. The van der Waals surface area contributed by atoms with Gasteiger partial charge in [-0.2, -0.15) is 0 Å². The molecule has 0 amide bonds. The molecule has 0 rings (SSSR count). The smallest absolute Gasteiger partial charge is 0.210 e. The first kappa shape index (κ1) is 8.03. The minimum Gasteiger partial charge on any atom is -0.369 e. The summed E-state index contributed by atoms with van der Waals surface area (Å²) in [7, 11) is 0. The lowest BCUT2D eigenvalue weighted by Gasteiger charge is -2.15. The number of hydrazine groups is 1. The Hall–Kier alpha value is -0.970. The van der Waals surface area contributed by atoms with E-state index < -0.39 is 0 Å². The van der Waals surface area contributed by atoms with Gasteiger partial charge in [0.25, 0.3) is 0 Å². The zero-order valence-corrected chi connectivity index (χ0v) is 5.70. The third-order valence-electron chi connectivity index (χ3n) is 0.760. The molecule has 0 unspecified atom stereocenters. The van der Waals surface area contributed by atoms with E-state index >= 15 is 0 Å². The third kappa shape index (κ3) is 3.60. The molecule has 5 heteroatoms. The SMILES string of the molecule is CC(C)N(N)N=C(N)N. The van der Waals surface area contributed by atoms with Crippen molar-refractivity contribution in [2.24, 2.45) is 22.4 Å². The van der Waals surface area contributed by atoms with Crippen LogP contribution in [0.15, 0.2) is 5.10 Å². The largest absolute Gasteiger partial charge is 0.369 e. The van der Waals surface area contributed by atoms with Gasteiger partial charge in [-0.05, 0) is 13.8 Å². The Bertz CT molecular complexity index is 104. The zero-order chi connectivity index (χ0) is 7.44. The summed E-state index contributed by atoms with van der Waals surface area (Å²) in [6.45, 7) is 3.76. The Kier molecular flexibility index (Phi) is 2.80. The van der Waals surface area contributed by atoms with Crippen LogP contribution in [0, 0.1) is 0 Å². The van der Waals surface area contributed by atoms with Gasteiger partial charge in [0.1, 0.15) is 0 Å². The van der Waals surface area contributed by atoms with E-state index in [9.17, 15) is 0 Å². The average molecular weight is 131 g/mol. The normalized spacial score (nSPS) is 9.33. The Morgan fingerprint density at radius 3 is 2.00 bits per heavy atom. The molecule has 0 saturated carbocycles. The van der Waals surface area contributed by atoms with Crippen molar-refractivity contribution in [3.63, 3.8) is 0 Å². The molecular formula is C4H13N5. The van der Waals surface area contributed by atoms with Crippen LogP contribution >= 0.6 is 0 Å². The van der Waals surface area contributed by atoms with Gasteiger partial charge in [-0.1, -0.05) is 0 Å². The van der Waals surface area contributed by atoms with Gasteiger partial charge < -0.3 is 11.5 Å². The van der Waals surface area contributed by atoms with Gasteiger partial charge >= 0.3 is 0 Å². The van der Waals surface area contributed by atoms with E-state index in [0.717, 1.165) is 0 Å². The van der Waals surface area contributed by atoms with E-state index in [1.54, 1.807) is 0 Å². The quantitative estimate of drug-likeness (QED) is 0.189. The molecule has 0 aliphatic carbocycles. The summed E-state index contributed by atoms with van der Waals surface area (Å²) < 4.78 is 0. The van der Waals surface area contributed by atoms with Crippen LogP contribution in [0.2, 0.25) is 0 Å². The van der Waals surface area contributed by atoms with Crippen molar-refractivity contribution in [3.8, 4) is 0 Å². The molecule has 0 aromatic heterocycles.